The Labute approximate surface area is 87.6 Å². The molecule has 0 fully saturated rings. The fraction of sp³-hybridized carbons (Fsp3) is 0.222. The summed E-state index contributed by atoms with van der Waals surface area (Å²) in [6, 6.07) is 2.43. The van der Waals surface area contributed by atoms with Crippen LogP contribution in [0.15, 0.2) is 17.0 Å². The minimum absolute atomic E-state index is 0.0426. The number of carbonyl (C=O) groups is 1. The Morgan fingerprint density at radius 1 is 1.33 bits per heavy atom. The van der Waals surface area contributed by atoms with Crippen molar-refractivity contribution >= 4 is 16.0 Å². The number of carboxylic acid groups (broad SMARTS) is 1. The van der Waals surface area contributed by atoms with Crippen molar-refractivity contribution in [3.05, 3.63) is 28.8 Å². The van der Waals surface area contributed by atoms with Crippen molar-refractivity contribution in [3.8, 4) is 0 Å². The van der Waals surface area contributed by atoms with E-state index in [-0.39, 0.29) is 10.5 Å². The van der Waals surface area contributed by atoms with Crippen molar-refractivity contribution < 1.29 is 18.3 Å². The van der Waals surface area contributed by atoms with Crippen LogP contribution in [0.2, 0.25) is 0 Å². The Kier molecular flexibility index (Phi) is 2.83. The summed E-state index contributed by atoms with van der Waals surface area (Å²) in [6.07, 6.45) is 0. The van der Waals surface area contributed by atoms with Crippen molar-refractivity contribution in [2.45, 2.75) is 18.7 Å². The van der Waals surface area contributed by atoms with E-state index in [4.69, 9.17) is 10.2 Å². The Morgan fingerprint density at radius 2 is 1.87 bits per heavy atom. The van der Waals surface area contributed by atoms with Crippen LogP contribution in [-0.2, 0) is 10.0 Å². The zero-order chi connectivity index (χ0) is 11.8. The molecule has 0 spiro atoms. The molecule has 0 saturated heterocycles. The maximum atomic E-state index is 11.1. The van der Waals surface area contributed by atoms with Gasteiger partial charge in [-0.1, -0.05) is 0 Å². The van der Waals surface area contributed by atoms with Crippen LogP contribution in [-0.4, -0.2) is 19.5 Å². The van der Waals surface area contributed by atoms with Crippen molar-refractivity contribution in [2.75, 3.05) is 0 Å². The highest BCUT2D eigenvalue weighted by molar-refractivity contribution is 7.89. The zero-order valence-corrected chi connectivity index (χ0v) is 9.13. The van der Waals surface area contributed by atoms with Gasteiger partial charge in [0.1, 0.15) is 0 Å². The fourth-order valence-electron chi connectivity index (χ4n) is 1.21. The molecule has 3 N–H and O–H groups in total. The van der Waals surface area contributed by atoms with E-state index < -0.39 is 16.0 Å². The normalized spacial score (nSPS) is 11.4. The number of hydrogen-bond donors (Lipinski definition) is 2. The first-order valence-corrected chi connectivity index (χ1v) is 5.65. The number of rotatable bonds is 2. The number of aryl methyl sites for hydroxylation is 1. The van der Waals surface area contributed by atoms with Gasteiger partial charge in [0.05, 0.1) is 10.5 Å². The summed E-state index contributed by atoms with van der Waals surface area (Å²) in [5.74, 6) is -1.17. The van der Waals surface area contributed by atoms with Gasteiger partial charge in [0.25, 0.3) is 0 Å². The molecular weight excluding hydrogens is 218 g/mol. The first-order chi connectivity index (χ1) is 6.73. The van der Waals surface area contributed by atoms with Gasteiger partial charge in [0.2, 0.25) is 10.0 Å². The highest BCUT2D eigenvalue weighted by Gasteiger charge is 2.15. The smallest absolute Gasteiger partial charge is 0.336 e. The van der Waals surface area contributed by atoms with Crippen LogP contribution in [0.25, 0.3) is 0 Å². The number of benzene rings is 1. The van der Waals surface area contributed by atoms with Crippen LogP contribution >= 0.6 is 0 Å². The van der Waals surface area contributed by atoms with Crippen molar-refractivity contribution in [2.24, 2.45) is 5.14 Å². The minimum atomic E-state index is -3.86. The van der Waals surface area contributed by atoms with E-state index in [0.29, 0.717) is 11.1 Å². The molecule has 1 aromatic carbocycles. The molecule has 0 aliphatic heterocycles. The molecule has 0 heterocycles. The zero-order valence-electron chi connectivity index (χ0n) is 8.31. The second-order valence-electron chi connectivity index (χ2n) is 3.26. The molecule has 0 saturated carbocycles. The topological polar surface area (TPSA) is 97.5 Å². The average molecular weight is 229 g/mol. The Morgan fingerprint density at radius 3 is 2.27 bits per heavy atom. The molecule has 1 aromatic rings. The standard InChI is InChI=1S/C9H11NO4S/c1-5-3-7(15(10,13)14)4-8(6(5)2)9(11)12/h3-4H,1-2H3,(H,11,12)(H2,10,13,14). The third-order valence-corrected chi connectivity index (χ3v) is 3.09. The SMILES string of the molecule is Cc1cc(S(N)(=O)=O)cc(C(=O)O)c1C. The van der Waals surface area contributed by atoms with Crippen LogP contribution in [0.5, 0.6) is 0 Å². The molecule has 15 heavy (non-hydrogen) atoms. The lowest BCUT2D eigenvalue weighted by atomic mass is 10.0. The Balaban J connectivity index is 3.57. The van der Waals surface area contributed by atoms with Gasteiger partial charge in [0.15, 0.2) is 0 Å². The van der Waals surface area contributed by atoms with Crippen molar-refractivity contribution in [1.82, 2.24) is 0 Å². The third kappa shape index (κ3) is 2.34. The van der Waals surface area contributed by atoms with E-state index in [0.717, 1.165) is 6.07 Å². The van der Waals surface area contributed by atoms with E-state index in [1.54, 1.807) is 13.8 Å². The van der Waals surface area contributed by atoms with Crippen LogP contribution in [0, 0.1) is 13.8 Å². The first-order valence-electron chi connectivity index (χ1n) is 4.11. The summed E-state index contributed by atoms with van der Waals surface area (Å²) in [4.78, 5) is 10.6. The highest BCUT2D eigenvalue weighted by Crippen LogP contribution is 2.18. The lowest BCUT2D eigenvalue weighted by Gasteiger charge is -2.07. The molecule has 6 heteroatoms. The molecular formula is C9H11NO4S. The van der Waals surface area contributed by atoms with Gasteiger partial charge in [-0.05, 0) is 37.1 Å². The molecule has 0 amide bonds. The Bertz CT molecular complexity index is 519. The van der Waals surface area contributed by atoms with Gasteiger partial charge in [-0.3, -0.25) is 0 Å². The molecule has 0 atom stereocenters. The van der Waals surface area contributed by atoms with E-state index in [2.05, 4.69) is 0 Å². The Hall–Kier alpha value is -1.40. The second-order valence-corrected chi connectivity index (χ2v) is 4.82. The second kappa shape index (κ2) is 3.63. The number of nitrogens with two attached hydrogens (primary N) is 1. The molecule has 0 unspecified atom stereocenters. The number of sulfonamides is 1. The quantitative estimate of drug-likeness (QED) is 0.777. The predicted molar refractivity (Wildman–Crippen MR) is 54.2 cm³/mol. The van der Waals surface area contributed by atoms with Gasteiger partial charge in [-0.15, -0.1) is 0 Å². The van der Waals surface area contributed by atoms with Crippen LogP contribution < -0.4 is 5.14 Å². The van der Waals surface area contributed by atoms with E-state index in [1.807, 2.05) is 0 Å². The summed E-state index contributed by atoms with van der Waals surface area (Å²) in [5, 5.41) is 13.8. The van der Waals surface area contributed by atoms with E-state index >= 15 is 0 Å². The summed E-state index contributed by atoms with van der Waals surface area (Å²) in [5.41, 5.74) is 1.08. The monoisotopic (exact) mass is 229 g/mol. The minimum Gasteiger partial charge on any atom is -0.478 e. The number of hydrogen-bond acceptors (Lipinski definition) is 3. The number of carboxylic acids is 1. The maximum Gasteiger partial charge on any atom is 0.336 e. The van der Waals surface area contributed by atoms with Gasteiger partial charge in [-0.2, -0.15) is 0 Å². The van der Waals surface area contributed by atoms with Gasteiger partial charge < -0.3 is 5.11 Å². The van der Waals surface area contributed by atoms with E-state index in [1.165, 1.54) is 6.07 Å². The molecule has 5 nitrogen and oxygen atoms in total. The average Bonchev–Trinajstić information content (AvgIpc) is 2.06. The van der Waals surface area contributed by atoms with E-state index in [9.17, 15) is 13.2 Å². The van der Waals surface area contributed by atoms with Crippen molar-refractivity contribution in [1.29, 1.82) is 0 Å². The van der Waals surface area contributed by atoms with Gasteiger partial charge in [-0.25, -0.2) is 18.4 Å². The summed E-state index contributed by atoms with van der Waals surface area (Å²) < 4.78 is 22.1. The van der Waals surface area contributed by atoms with Crippen LogP contribution in [0.3, 0.4) is 0 Å². The summed E-state index contributed by atoms with van der Waals surface area (Å²) in [7, 11) is -3.86. The van der Waals surface area contributed by atoms with Gasteiger partial charge in [0, 0.05) is 0 Å². The first kappa shape index (κ1) is 11.7. The largest absolute Gasteiger partial charge is 0.478 e. The highest BCUT2D eigenvalue weighted by atomic mass is 32.2. The third-order valence-electron chi connectivity index (χ3n) is 2.20. The molecule has 82 valence electrons. The van der Waals surface area contributed by atoms with Crippen LogP contribution in [0.1, 0.15) is 21.5 Å². The molecule has 0 aromatic heterocycles. The molecule has 0 aliphatic rings. The number of primary sulfonamides is 1. The molecule has 0 radical (unpaired) electrons. The fourth-order valence-corrected chi connectivity index (χ4v) is 1.84. The molecule has 0 bridgehead atoms. The number of aromatic carboxylic acids is 1. The predicted octanol–water partition coefficient (Wildman–Crippen LogP) is 0.649. The molecule has 0 aliphatic carbocycles. The van der Waals surface area contributed by atoms with Crippen molar-refractivity contribution in [3.63, 3.8) is 0 Å². The lowest BCUT2D eigenvalue weighted by Crippen LogP contribution is -2.14. The van der Waals surface area contributed by atoms with Crippen LogP contribution in [0.4, 0.5) is 0 Å². The summed E-state index contributed by atoms with van der Waals surface area (Å²) >= 11 is 0. The lowest BCUT2D eigenvalue weighted by molar-refractivity contribution is 0.0695. The molecule has 1 rings (SSSR count). The van der Waals surface area contributed by atoms with Gasteiger partial charge >= 0.3 is 5.97 Å². The summed E-state index contributed by atoms with van der Waals surface area (Å²) in [6.45, 7) is 3.25. The maximum absolute atomic E-state index is 11.1.